The standard InChI is InChI=1S/C36H38ClF4N7O4S/c1-52-13-3-12-47-31-28(7-6-25(37)30(31)33(45-47)46-53(2,50)51)48-34(26(42)16-19-14-22(38)17-23(39)15-19)44-32-29(35(48)49)24(20-4-5-20)18-27(43-32)21-8-10-36(40,41)11-9-21/h6-7,14-15,17-18,20-21,26H,3-5,8-13,16,42H2,1-2H3,(H,45,46)/t26-/m0/s1. The van der Waals surface area contributed by atoms with Gasteiger partial charge in [-0.25, -0.2) is 35.9 Å². The number of hydrogen-bond acceptors (Lipinski definition) is 8. The molecule has 2 aliphatic rings. The summed E-state index contributed by atoms with van der Waals surface area (Å²) in [4.78, 5) is 24.8. The lowest BCUT2D eigenvalue weighted by Gasteiger charge is -2.28. The second-order valence-corrected chi connectivity index (χ2v) is 16.2. The summed E-state index contributed by atoms with van der Waals surface area (Å²) in [6, 6.07) is 6.82. The normalized spacial score (nSPS) is 17.1. The summed E-state index contributed by atoms with van der Waals surface area (Å²) in [7, 11) is -2.28. The first-order valence-electron chi connectivity index (χ1n) is 17.3. The summed E-state index contributed by atoms with van der Waals surface area (Å²) < 4.78 is 92.2. The molecule has 0 spiro atoms. The van der Waals surface area contributed by atoms with Gasteiger partial charge in [0, 0.05) is 50.8 Å². The zero-order chi connectivity index (χ0) is 37.8. The average molecular weight is 776 g/mol. The molecule has 0 saturated heterocycles. The van der Waals surface area contributed by atoms with Gasteiger partial charge in [0.1, 0.15) is 17.5 Å². The zero-order valence-electron chi connectivity index (χ0n) is 29.0. The number of sulfonamides is 1. The number of pyridine rings is 1. The number of nitrogens with one attached hydrogen (secondary N) is 1. The molecule has 5 aromatic rings. The van der Waals surface area contributed by atoms with E-state index in [1.54, 1.807) is 13.2 Å². The number of benzene rings is 2. The Morgan fingerprint density at radius 2 is 1.74 bits per heavy atom. The number of ether oxygens (including phenoxy) is 1. The highest BCUT2D eigenvalue weighted by molar-refractivity contribution is 7.92. The molecule has 3 aromatic heterocycles. The van der Waals surface area contributed by atoms with E-state index in [1.807, 2.05) is 6.07 Å². The van der Waals surface area contributed by atoms with Crippen molar-refractivity contribution in [2.75, 3.05) is 24.7 Å². The molecular formula is C36H38ClF4N7O4S. The Hall–Kier alpha value is -4.12. The van der Waals surface area contributed by atoms with Crippen molar-refractivity contribution in [1.29, 1.82) is 0 Å². The van der Waals surface area contributed by atoms with Crippen LogP contribution in [0.3, 0.4) is 0 Å². The van der Waals surface area contributed by atoms with E-state index in [4.69, 9.17) is 32.0 Å². The lowest BCUT2D eigenvalue weighted by atomic mass is 9.84. The molecule has 2 saturated carbocycles. The summed E-state index contributed by atoms with van der Waals surface area (Å²) in [5, 5.41) is 5.15. The van der Waals surface area contributed by atoms with Crippen LogP contribution in [0.5, 0.6) is 0 Å². The van der Waals surface area contributed by atoms with E-state index in [2.05, 4.69) is 9.82 Å². The van der Waals surface area contributed by atoms with Crippen LogP contribution in [0.4, 0.5) is 23.4 Å². The Labute approximate surface area is 307 Å². The van der Waals surface area contributed by atoms with Crippen molar-refractivity contribution in [2.24, 2.45) is 5.73 Å². The first-order valence-corrected chi connectivity index (χ1v) is 19.6. The molecule has 2 aromatic carbocycles. The maximum Gasteiger partial charge on any atom is 0.268 e. The molecule has 17 heteroatoms. The highest BCUT2D eigenvalue weighted by Gasteiger charge is 2.37. The fraction of sp³-hybridized carbons (Fsp3) is 0.444. The minimum Gasteiger partial charge on any atom is -0.385 e. The number of hydrogen-bond donors (Lipinski definition) is 2. The Balaban J connectivity index is 1.50. The fourth-order valence-electron chi connectivity index (χ4n) is 7.27. The van der Waals surface area contributed by atoms with Crippen molar-refractivity contribution in [2.45, 2.75) is 81.7 Å². The third-order valence-electron chi connectivity index (χ3n) is 9.84. The van der Waals surface area contributed by atoms with Crippen LogP contribution in [0.25, 0.3) is 27.6 Å². The second kappa shape index (κ2) is 14.3. The number of anilines is 1. The predicted molar refractivity (Wildman–Crippen MR) is 194 cm³/mol. The summed E-state index contributed by atoms with van der Waals surface area (Å²) in [5.74, 6) is -4.65. The first kappa shape index (κ1) is 37.2. The molecule has 282 valence electrons. The lowest BCUT2D eigenvalue weighted by molar-refractivity contribution is -0.0384. The molecule has 0 amide bonds. The SMILES string of the molecule is COCCCn1nc(NS(C)(=O)=O)c2c(Cl)ccc(-n3c([C@@H](N)Cc4cc(F)cc(F)c4)nc4nc(C5CCC(F)(F)CC5)cc(C5CC5)c4c3=O)c21. The predicted octanol–water partition coefficient (Wildman–Crippen LogP) is 6.88. The third kappa shape index (κ3) is 7.77. The Kier molecular flexibility index (Phi) is 10.0. The second-order valence-electron chi connectivity index (χ2n) is 14.0. The topological polar surface area (TPSA) is 147 Å². The van der Waals surface area contributed by atoms with Crippen LogP contribution in [0.2, 0.25) is 5.02 Å². The minimum atomic E-state index is -3.82. The molecule has 0 bridgehead atoms. The molecule has 53 heavy (non-hydrogen) atoms. The van der Waals surface area contributed by atoms with Crippen molar-refractivity contribution in [1.82, 2.24) is 24.3 Å². The van der Waals surface area contributed by atoms with Crippen molar-refractivity contribution in [3.05, 3.63) is 86.1 Å². The molecule has 1 atom stereocenters. The van der Waals surface area contributed by atoms with E-state index >= 15 is 4.79 Å². The van der Waals surface area contributed by atoms with E-state index < -0.39 is 39.2 Å². The average Bonchev–Trinajstić information content (AvgIpc) is 3.86. The van der Waals surface area contributed by atoms with Gasteiger partial charge >= 0.3 is 0 Å². The van der Waals surface area contributed by atoms with E-state index in [0.717, 1.165) is 37.3 Å². The van der Waals surface area contributed by atoms with Crippen LogP contribution >= 0.6 is 11.6 Å². The Morgan fingerprint density at radius 1 is 1.04 bits per heavy atom. The summed E-state index contributed by atoms with van der Waals surface area (Å²) in [5.41, 5.74) is 8.40. The van der Waals surface area contributed by atoms with Crippen molar-refractivity contribution >= 4 is 49.4 Å². The van der Waals surface area contributed by atoms with Crippen molar-refractivity contribution in [3.8, 4) is 5.69 Å². The molecule has 2 fully saturated rings. The van der Waals surface area contributed by atoms with Gasteiger partial charge in [-0.05, 0) is 85.9 Å². The molecule has 3 N–H and O–H groups in total. The number of nitrogens with zero attached hydrogens (tertiary/aromatic N) is 5. The largest absolute Gasteiger partial charge is 0.385 e. The van der Waals surface area contributed by atoms with Crippen LogP contribution < -0.4 is 16.0 Å². The van der Waals surface area contributed by atoms with E-state index in [0.29, 0.717) is 29.8 Å². The van der Waals surface area contributed by atoms with Crippen molar-refractivity contribution in [3.63, 3.8) is 0 Å². The van der Waals surface area contributed by atoms with Crippen LogP contribution in [0.15, 0.2) is 41.2 Å². The number of alkyl halides is 2. The highest BCUT2D eigenvalue weighted by Crippen LogP contribution is 2.46. The van der Waals surface area contributed by atoms with Gasteiger partial charge in [-0.15, -0.1) is 0 Å². The number of aryl methyl sites for hydroxylation is 1. The maximum atomic E-state index is 15.1. The fourth-order valence-corrected chi connectivity index (χ4v) is 8.01. The molecule has 2 aliphatic carbocycles. The van der Waals surface area contributed by atoms with Crippen LogP contribution in [-0.2, 0) is 27.7 Å². The summed E-state index contributed by atoms with van der Waals surface area (Å²) in [6.45, 7) is 0.586. The van der Waals surface area contributed by atoms with Gasteiger partial charge in [0.05, 0.1) is 39.3 Å². The molecule has 0 radical (unpaired) electrons. The third-order valence-corrected chi connectivity index (χ3v) is 10.7. The van der Waals surface area contributed by atoms with Crippen LogP contribution in [0, 0.1) is 11.6 Å². The molecular weight excluding hydrogens is 738 g/mol. The smallest absolute Gasteiger partial charge is 0.268 e. The van der Waals surface area contributed by atoms with Gasteiger partial charge in [-0.3, -0.25) is 18.8 Å². The molecule has 0 unspecified atom stereocenters. The number of rotatable bonds is 12. The lowest BCUT2D eigenvalue weighted by Crippen LogP contribution is -2.31. The summed E-state index contributed by atoms with van der Waals surface area (Å²) in [6.07, 6.45) is 2.84. The minimum absolute atomic E-state index is 0.000343. The van der Waals surface area contributed by atoms with Gasteiger partial charge < -0.3 is 10.5 Å². The summed E-state index contributed by atoms with van der Waals surface area (Å²) >= 11 is 6.71. The highest BCUT2D eigenvalue weighted by atomic mass is 35.5. The van der Waals surface area contributed by atoms with Crippen LogP contribution in [0.1, 0.15) is 85.5 Å². The van der Waals surface area contributed by atoms with Crippen molar-refractivity contribution < 1.29 is 30.7 Å². The van der Waals surface area contributed by atoms with Gasteiger partial charge in [-0.1, -0.05) is 11.6 Å². The first-order chi connectivity index (χ1) is 25.1. The number of methoxy groups -OCH3 is 1. The number of halogens is 5. The molecule has 3 heterocycles. The van der Waals surface area contributed by atoms with E-state index in [1.165, 1.54) is 15.3 Å². The van der Waals surface area contributed by atoms with Crippen LogP contribution in [-0.4, -0.2) is 58.6 Å². The van der Waals surface area contributed by atoms with E-state index in [-0.39, 0.29) is 94.8 Å². The molecule has 0 aliphatic heterocycles. The maximum absolute atomic E-state index is 15.1. The zero-order valence-corrected chi connectivity index (χ0v) is 30.6. The molecule has 11 nitrogen and oxygen atoms in total. The van der Waals surface area contributed by atoms with Gasteiger partial charge in [-0.2, -0.15) is 5.10 Å². The van der Waals surface area contributed by atoms with Gasteiger partial charge in [0.2, 0.25) is 15.9 Å². The van der Waals surface area contributed by atoms with Gasteiger partial charge in [0.15, 0.2) is 11.5 Å². The molecule has 7 rings (SSSR count). The number of fused-ring (bicyclic) bond motifs is 2. The number of aromatic nitrogens is 5. The monoisotopic (exact) mass is 775 g/mol. The Morgan fingerprint density at radius 3 is 2.38 bits per heavy atom. The van der Waals surface area contributed by atoms with Gasteiger partial charge in [0.25, 0.3) is 5.56 Å². The quantitative estimate of drug-likeness (QED) is 0.103. The Bertz CT molecular complexity index is 2370. The van der Waals surface area contributed by atoms with E-state index in [9.17, 15) is 26.0 Å². The number of nitrogens with two attached hydrogens (primary N) is 1.